The van der Waals surface area contributed by atoms with Gasteiger partial charge in [0.05, 0.1) is 6.61 Å². The Morgan fingerprint density at radius 3 is 2.81 bits per heavy atom. The number of aliphatic hydroxyl groups excluding tert-OH is 1. The molecule has 0 spiro atoms. The van der Waals surface area contributed by atoms with Crippen LogP contribution in [0.15, 0.2) is 12.1 Å². The molecule has 0 saturated heterocycles. The standard InChI is InChI=1S/C11H15NO4/c1-12-6-8-4-10-11(16-7-15-10)5-9(8)14-3-2-13/h4-5,12-13H,2-3,6-7H2,1H3. The van der Waals surface area contributed by atoms with Crippen LogP contribution in [0.2, 0.25) is 0 Å². The van der Waals surface area contributed by atoms with Gasteiger partial charge in [-0.3, -0.25) is 0 Å². The number of fused-ring (bicyclic) bond motifs is 1. The van der Waals surface area contributed by atoms with Gasteiger partial charge in [-0.2, -0.15) is 0 Å². The van der Waals surface area contributed by atoms with Crippen LogP contribution in [0.5, 0.6) is 17.2 Å². The van der Waals surface area contributed by atoms with E-state index in [0.717, 1.165) is 11.3 Å². The molecule has 0 unspecified atom stereocenters. The topological polar surface area (TPSA) is 60.0 Å². The van der Waals surface area contributed by atoms with Crippen LogP contribution < -0.4 is 19.5 Å². The third kappa shape index (κ3) is 2.20. The summed E-state index contributed by atoms with van der Waals surface area (Å²) in [5.74, 6) is 2.14. The van der Waals surface area contributed by atoms with Gasteiger partial charge in [0, 0.05) is 18.2 Å². The number of benzene rings is 1. The van der Waals surface area contributed by atoms with Crippen molar-refractivity contribution in [3.05, 3.63) is 17.7 Å². The highest BCUT2D eigenvalue weighted by Crippen LogP contribution is 2.38. The molecule has 1 aromatic rings. The first-order valence-electron chi connectivity index (χ1n) is 5.16. The summed E-state index contributed by atoms with van der Waals surface area (Å²) in [5, 5.41) is 11.8. The van der Waals surface area contributed by atoms with Gasteiger partial charge in [-0.25, -0.2) is 0 Å². The second kappa shape index (κ2) is 5.05. The Bertz CT molecular complexity index is 367. The van der Waals surface area contributed by atoms with Crippen LogP contribution >= 0.6 is 0 Å². The van der Waals surface area contributed by atoms with Crippen molar-refractivity contribution in [1.29, 1.82) is 0 Å². The lowest BCUT2D eigenvalue weighted by Gasteiger charge is -2.11. The van der Waals surface area contributed by atoms with Gasteiger partial charge in [0.25, 0.3) is 0 Å². The molecule has 0 saturated carbocycles. The molecule has 0 bridgehead atoms. The van der Waals surface area contributed by atoms with Gasteiger partial charge in [0.2, 0.25) is 6.79 Å². The Hall–Kier alpha value is -1.46. The molecule has 0 aromatic heterocycles. The molecule has 1 aliphatic rings. The van der Waals surface area contributed by atoms with Gasteiger partial charge in [0.15, 0.2) is 11.5 Å². The SMILES string of the molecule is CNCc1cc2c(cc1OCCO)OCO2. The molecule has 0 atom stereocenters. The Morgan fingerprint density at radius 2 is 2.12 bits per heavy atom. The van der Waals surface area contributed by atoms with Crippen LogP contribution in [0.3, 0.4) is 0 Å². The smallest absolute Gasteiger partial charge is 0.231 e. The largest absolute Gasteiger partial charge is 0.491 e. The molecule has 2 rings (SSSR count). The van der Waals surface area contributed by atoms with Gasteiger partial charge in [-0.15, -0.1) is 0 Å². The maximum Gasteiger partial charge on any atom is 0.231 e. The lowest BCUT2D eigenvalue weighted by molar-refractivity contribution is 0.173. The molecule has 16 heavy (non-hydrogen) atoms. The predicted molar refractivity (Wildman–Crippen MR) is 57.9 cm³/mol. The fourth-order valence-electron chi connectivity index (χ4n) is 1.58. The molecule has 0 aliphatic carbocycles. The maximum absolute atomic E-state index is 8.75. The van der Waals surface area contributed by atoms with Crippen LogP contribution in [0, 0.1) is 0 Å². The number of aliphatic hydroxyl groups is 1. The third-order valence-electron chi connectivity index (χ3n) is 2.27. The summed E-state index contributed by atoms with van der Waals surface area (Å²) >= 11 is 0. The highest BCUT2D eigenvalue weighted by molar-refractivity contribution is 5.51. The highest BCUT2D eigenvalue weighted by Gasteiger charge is 2.17. The van der Waals surface area contributed by atoms with Crippen molar-refractivity contribution in [1.82, 2.24) is 5.32 Å². The minimum atomic E-state index is -0.00651. The molecule has 0 radical (unpaired) electrons. The first-order chi connectivity index (χ1) is 7.85. The second-order valence-electron chi connectivity index (χ2n) is 3.42. The van der Waals surface area contributed by atoms with Crippen LogP contribution in [-0.2, 0) is 6.54 Å². The van der Waals surface area contributed by atoms with E-state index in [0.29, 0.717) is 18.0 Å². The normalized spacial score (nSPS) is 12.9. The van der Waals surface area contributed by atoms with Crippen LogP contribution in [-0.4, -0.2) is 32.2 Å². The monoisotopic (exact) mass is 225 g/mol. The fourth-order valence-corrected chi connectivity index (χ4v) is 1.58. The zero-order valence-electron chi connectivity index (χ0n) is 9.16. The summed E-state index contributed by atoms with van der Waals surface area (Å²) in [5.41, 5.74) is 0.986. The zero-order chi connectivity index (χ0) is 11.4. The van der Waals surface area contributed by atoms with Gasteiger partial charge < -0.3 is 24.6 Å². The summed E-state index contributed by atoms with van der Waals surface area (Å²) in [6, 6.07) is 3.69. The first kappa shape index (κ1) is 11.0. The lowest BCUT2D eigenvalue weighted by Crippen LogP contribution is -2.09. The number of hydrogen-bond acceptors (Lipinski definition) is 5. The van der Waals surface area contributed by atoms with E-state index in [1.165, 1.54) is 0 Å². The number of rotatable bonds is 5. The van der Waals surface area contributed by atoms with Gasteiger partial charge in [0.1, 0.15) is 12.4 Å². The van der Waals surface area contributed by atoms with E-state index in [9.17, 15) is 0 Å². The Labute approximate surface area is 93.9 Å². The van der Waals surface area contributed by atoms with Gasteiger partial charge in [-0.05, 0) is 13.1 Å². The molecular formula is C11H15NO4. The number of ether oxygens (including phenoxy) is 3. The molecule has 1 aliphatic heterocycles. The maximum atomic E-state index is 8.75. The van der Waals surface area contributed by atoms with Crippen molar-refractivity contribution < 1.29 is 19.3 Å². The Morgan fingerprint density at radius 1 is 1.38 bits per heavy atom. The average molecular weight is 225 g/mol. The molecule has 1 aromatic carbocycles. The van der Waals surface area contributed by atoms with Crippen LogP contribution in [0.1, 0.15) is 5.56 Å². The molecule has 5 heteroatoms. The number of nitrogens with one attached hydrogen (secondary N) is 1. The summed E-state index contributed by atoms with van der Waals surface area (Å²) in [6.45, 7) is 1.19. The lowest BCUT2D eigenvalue weighted by atomic mass is 10.1. The predicted octanol–water partition coefficient (Wildman–Crippen LogP) is 0.506. The minimum Gasteiger partial charge on any atom is -0.491 e. The Balaban J connectivity index is 2.25. The van der Waals surface area contributed by atoms with Crippen molar-refractivity contribution in [3.63, 3.8) is 0 Å². The van der Waals surface area contributed by atoms with Crippen molar-refractivity contribution in [2.75, 3.05) is 27.1 Å². The van der Waals surface area contributed by atoms with E-state index in [-0.39, 0.29) is 20.0 Å². The van der Waals surface area contributed by atoms with Gasteiger partial charge in [-0.1, -0.05) is 0 Å². The summed E-state index contributed by atoms with van der Waals surface area (Å²) in [4.78, 5) is 0. The van der Waals surface area contributed by atoms with Crippen molar-refractivity contribution in [2.24, 2.45) is 0 Å². The summed E-state index contributed by atoms with van der Waals surface area (Å²) in [7, 11) is 1.86. The molecule has 0 amide bonds. The zero-order valence-corrected chi connectivity index (χ0v) is 9.16. The first-order valence-corrected chi connectivity index (χ1v) is 5.16. The second-order valence-corrected chi connectivity index (χ2v) is 3.42. The van der Waals surface area contributed by atoms with E-state index in [1.54, 1.807) is 6.07 Å². The molecule has 2 N–H and O–H groups in total. The fraction of sp³-hybridized carbons (Fsp3) is 0.455. The highest BCUT2D eigenvalue weighted by atomic mass is 16.7. The van der Waals surface area contributed by atoms with E-state index >= 15 is 0 Å². The van der Waals surface area contributed by atoms with E-state index in [4.69, 9.17) is 19.3 Å². The summed E-state index contributed by atoms with van der Waals surface area (Å²) in [6.07, 6.45) is 0. The third-order valence-corrected chi connectivity index (χ3v) is 2.27. The van der Waals surface area contributed by atoms with E-state index in [2.05, 4.69) is 5.32 Å². The van der Waals surface area contributed by atoms with Crippen LogP contribution in [0.4, 0.5) is 0 Å². The van der Waals surface area contributed by atoms with Crippen LogP contribution in [0.25, 0.3) is 0 Å². The average Bonchev–Trinajstić information content (AvgIpc) is 2.73. The number of hydrogen-bond donors (Lipinski definition) is 2. The van der Waals surface area contributed by atoms with E-state index in [1.807, 2.05) is 13.1 Å². The molecular weight excluding hydrogens is 210 g/mol. The van der Waals surface area contributed by atoms with Crippen molar-refractivity contribution in [3.8, 4) is 17.2 Å². The molecule has 5 nitrogen and oxygen atoms in total. The molecule has 1 heterocycles. The Kier molecular flexibility index (Phi) is 3.48. The van der Waals surface area contributed by atoms with Crippen molar-refractivity contribution >= 4 is 0 Å². The van der Waals surface area contributed by atoms with Gasteiger partial charge >= 0.3 is 0 Å². The minimum absolute atomic E-state index is 0.00651. The quantitative estimate of drug-likeness (QED) is 0.764. The summed E-state index contributed by atoms with van der Waals surface area (Å²) < 4.78 is 16.0. The van der Waals surface area contributed by atoms with E-state index < -0.39 is 0 Å². The molecule has 0 fully saturated rings. The molecule has 88 valence electrons. The van der Waals surface area contributed by atoms with Crippen molar-refractivity contribution in [2.45, 2.75) is 6.54 Å².